The molecule has 1 fully saturated rings. The van der Waals surface area contributed by atoms with Crippen LogP contribution >= 0.6 is 0 Å². The lowest BCUT2D eigenvalue weighted by molar-refractivity contribution is -0.148. The van der Waals surface area contributed by atoms with Gasteiger partial charge in [-0.2, -0.15) is 0 Å². The monoisotopic (exact) mass is 274 g/mol. The number of hydrogen-bond donors (Lipinski definition) is 0. The number of rotatable bonds is 4. The second-order valence-corrected chi connectivity index (χ2v) is 5.21. The minimum absolute atomic E-state index is 0.0736. The van der Waals surface area contributed by atoms with Gasteiger partial charge in [-0.25, -0.2) is 0 Å². The van der Waals surface area contributed by atoms with Crippen molar-refractivity contribution >= 4 is 18.0 Å². The molecule has 1 aromatic carbocycles. The Hall–Kier alpha value is -2.10. The molecule has 20 heavy (non-hydrogen) atoms. The SMILES string of the molecule is CC(=O)O/C(=C\c1ccccc1)[C@H]1C[C@@]1(C)OC(C)=O. The van der Waals surface area contributed by atoms with Gasteiger partial charge < -0.3 is 9.47 Å². The molecule has 1 aliphatic carbocycles. The van der Waals surface area contributed by atoms with Crippen molar-refractivity contribution in [1.82, 2.24) is 0 Å². The zero-order chi connectivity index (χ0) is 14.8. The van der Waals surface area contributed by atoms with E-state index in [1.54, 1.807) is 0 Å². The summed E-state index contributed by atoms with van der Waals surface area (Å²) in [5, 5.41) is 0. The lowest BCUT2D eigenvalue weighted by atomic mass is 10.1. The zero-order valence-electron chi connectivity index (χ0n) is 11.9. The van der Waals surface area contributed by atoms with Crippen LogP contribution in [0.3, 0.4) is 0 Å². The summed E-state index contributed by atoms with van der Waals surface area (Å²) in [6.07, 6.45) is 2.49. The van der Waals surface area contributed by atoms with E-state index in [1.165, 1.54) is 13.8 Å². The summed E-state index contributed by atoms with van der Waals surface area (Å²) >= 11 is 0. The van der Waals surface area contributed by atoms with Gasteiger partial charge in [0.1, 0.15) is 11.4 Å². The Labute approximate surface area is 118 Å². The van der Waals surface area contributed by atoms with E-state index >= 15 is 0 Å². The molecule has 4 nitrogen and oxygen atoms in total. The third-order valence-corrected chi connectivity index (χ3v) is 3.28. The van der Waals surface area contributed by atoms with Crippen molar-refractivity contribution in [3.63, 3.8) is 0 Å². The van der Waals surface area contributed by atoms with Gasteiger partial charge >= 0.3 is 11.9 Å². The van der Waals surface area contributed by atoms with Crippen LogP contribution in [0.1, 0.15) is 32.8 Å². The van der Waals surface area contributed by atoms with E-state index in [0.29, 0.717) is 12.2 Å². The number of ether oxygens (including phenoxy) is 2. The van der Waals surface area contributed by atoms with Crippen LogP contribution in [-0.4, -0.2) is 17.5 Å². The van der Waals surface area contributed by atoms with Crippen molar-refractivity contribution < 1.29 is 19.1 Å². The predicted molar refractivity (Wildman–Crippen MR) is 74.5 cm³/mol. The van der Waals surface area contributed by atoms with E-state index in [9.17, 15) is 9.59 Å². The molecule has 0 saturated heterocycles. The van der Waals surface area contributed by atoms with Crippen LogP contribution in [-0.2, 0) is 19.1 Å². The standard InChI is InChI=1S/C16H18O4/c1-11(17)19-15(9-13-7-5-4-6-8-13)14-10-16(14,3)20-12(2)18/h4-9,14H,10H2,1-3H3/b15-9-/t14-,16-/m1/s1. The summed E-state index contributed by atoms with van der Waals surface area (Å²) in [5.41, 5.74) is 0.378. The summed E-state index contributed by atoms with van der Waals surface area (Å²) in [6, 6.07) is 9.60. The quantitative estimate of drug-likeness (QED) is 0.625. The lowest BCUT2D eigenvalue weighted by Gasteiger charge is -2.13. The Morgan fingerprint density at radius 2 is 1.85 bits per heavy atom. The van der Waals surface area contributed by atoms with Crippen LogP contribution in [0, 0.1) is 5.92 Å². The van der Waals surface area contributed by atoms with Crippen LogP contribution in [0.25, 0.3) is 6.08 Å². The summed E-state index contributed by atoms with van der Waals surface area (Å²) in [7, 11) is 0. The fraction of sp³-hybridized carbons (Fsp3) is 0.375. The molecule has 0 amide bonds. The van der Waals surface area contributed by atoms with Crippen molar-refractivity contribution in [2.75, 3.05) is 0 Å². The van der Waals surface area contributed by atoms with Crippen LogP contribution in [0.2, 0.25) is 0 Å². The van der Waals surface area contributed by atoms with Crippen LogP contribution in [0.5, 0.6) is 0 Å². The molecular weight excluding hydrogens is 256 g/mol. The first kappa shape index (κ1) is 14.3. The fourth-order valence-electron chi connectivity index (χ4n) is 2.27. The molecule has 2 rings (SSSR count). The van der Waals surface area contributed by atoms with Crippen molar-refractivity contribution in [3.05, 3.63) is 41.7 Å². The molecule has 106 valence electrons. The third-order valence-electron chi connectivity index (χ3n) is 3.28. The molecule has 2 atom stereocenters. The van der Waals surface area contributed by atoms with Crippen LogP contribution in [0.15, 0.2) is 36.1 Å². The van der Waals surface area contributed by atoms with Gasteiger partial charge in [0, 0.05) is 20.3 Å². The van der Waals surface area contributed by atoms with E-state index < -0.39 is 5.60 Å². The average Bonchev–Trinajstić information content (AvgIpc) is 2.99. The topological polar surface area (TPSA) is 52.6 Å². The summed E-state index contributed by atoms with van der Waals surface area (Å²) in [6.45, 7) is 4.60. The largest absolute Gasteiger partial charge is 0.459 e. The molecule has 0 N–H and O–H groups in total. The maximum absolute atomic E-state index is 11.2. The van der Waals surface area contributed by atoms with Gasteiger partial charge in [-0.1, -0.05) is 30.3 Å². The minimum atomic E-state index is -0.568. The van der Waals surface area contributed by atoms with E-state index in [-0.39, 0.29) is 17.9 Å². The zero-order valence-corrected chi connectivity index (χ0v) is 11.9. The summed E-state index contributed by atoms with van der Waals surface area (Å²) < 4.78 is 10.6. The normalized spacial score (nSPS) is 24.9. The van der Waals surface area contributed by atoms with Gasteiger partial charge in [0.05, 0.1) is 5.92 Å². The highest BCUT2D eigenvalue weighted by atomic mass is 16.6. The number of carbonyl (C=O) groups excluding carboxylic acids is 2. The molecule has 0 aromatic heterocycles. The van der Waals surface area contributed by atoms with Crippen LogP contribution < -0.4 is 0 Å². The predicted octanol–water partition coefficient (Wildman–Crippen LogP) is 2.93. The highest BCUT2D eigenvalue weighted by molar-refractivity contribution is 5.70. The molecule has 4 heteroatoms. The van der Waals surface area contributed by atoms with Crippen LogP contribution in [0.4, 0.5) is 0 Å². The Bertz CT molecular complexity index is 547. The maximum atomic E-state index is 11.2. The Morgan fingerprint density at radius 3 is 2.40 bits per heavy atom. The highest BCUT2D eigenvalue weighted by Crippen LogP contribution is 2.51. The first-order valence-electron chi connectivity index (χ1n) is 6.55. The van der Waals surface area contributed by atoms with E-state index in [1.807, 2.05) is 43.3 Å². The molecule has 0 radical (unpaired) electrons. The minimum Gasteiger partial charge on any atom is -0.459 e. The molecule has 0 spiro atoms. The highest BCUT2D eigenvalue weighted by Gasteiger charge is 2.56. The number of benzene rings is 1. The lowest BCUT2D eigenvalue weighted by Crippen LogP contribution is -2.18. The molecule has 0 unspecified atom stereocenters. The van der Waals surface area contributed by atoms with Gasteiger partial charge in [0.25, 0.3) is 0 Å². The van der Waals surface area contributed by atoms with E-state index in [0.717, 1.165) is 5.56 Å². The molecule has 0 bridgehead atoms. The average molecular weight is 274 g/mol. The molecule has 0 aliphatic heterocycles. The van der Waals surface area contributed by atoms with E-state index in [2.05, 4.69) is 0 Å². The van der Waals surface area contributed by atoms with E-state index in [4.69, 9.17) is 9.47 Å². The number of carbonyl (C=O) groups is 2. The summed E-state index contributed by atoms with van der Waals surface area (Å²) in [4.78, 5) is 22.3. The van der Waals surface area contributed by atoms with Gasteiger partial charge in [-0.15, -0.1) is 0 Å². The van der Waals surface area contributed by atoms with Crippen molar-refractivity contribution in [2.24, 2.45) is 5.92 Å². The Morgan fingerprint density at radius 1 is 1.20 bits per heavy atom. The molecule has 0 heterocycles. The Balaban J connectivity index is 2.20. The van der Waals surface area contributed by atoms with Crippen molar-refractivity contribution in [1.29, 1.82) is 0 Å². The van der Waals surface area contributed by atoms with Crippen molar-refractivity contribution in [3.8, 4) is 0 Å². The van der Waals surface area contributed by atoms with Crippen molar-refractivity contribution in [2.45, 2.75) is 32.8 Å². The Kier molecular flexibility index (Phi) is 3.93. The number of esters is 2. The van der Waals surface area contributed by atoms with Gasteiger partial charge in [0.2, 0.25) is 0 Å². The molecule has 1 aromatic rings. The second-order valence-electron chi connectivity index (χ2n) is 5.21. The van der Waals surface area contributed by atoms with Gasteiger partial charge in [-0.05, 0) is 18.6 Å². The third kappa shape index (κ3) is 3.47. The smallest absolute Gasteiger partial charge is 0.307 e. The molecule has 1 aliphatic rings. The van der Waals surface area contributed by atoms with Gasteiger partial charge in [-0.3, -0.25) is 9.59 Å². The first-order chi connectivity index (χ1) is 9.40. The second kappa shape index (κ2) is 5.49. The first-order valence-corrected chi connectivity index (χ1v) is 6.55. The summed E-state index contributed by atoms with van der Waals surface area (Å²) in [5.74, 6) is -0.218. The number of hydrogen-bond acceptors (Lipinski definition) is 4. The maximum Gasteiger partial charge on any atom is 0.307 e. The molecular formula is C16H18O4. The molecule has 1 saturated carbocycles. The van der Waals surface area contributed by atoms with Gasteiger partial charge in [0.15, 0.2) is 0 Å². The fourth-order valence-corrected chi connectivity index (χ4v) is 2.27.